The van der Waals surface area contributed by atoms with E-state index in [4.69, 9.17) is 4.74 Å². The summed E-state index contributed by atoms with van der Waals surface area (Å²) < 4.78 is 5.04. The second-order valence-corrected chi connectivity index (χ2v) is 6.83. The summed E-state index contributed by atoms with van der Waals surface area (Å²) in [5, 5.41) is 2.85. The lowest BCUT2D eigenvalue weighted by Crippen LogP contribution is -2.49. The van der Waals surface area contributed by atoms with Gasteiger partial charge in [0.2, 0.25) is 0 Å². The average Bonchev–Trinajstić information content (AvgIpc) is 2.74. The van der Waals surface area contributed by atoms with Gasteiger partial charge in [-0.1, -0.05) is 0 Å². The molecule has 2 aromatic rings. The Morgan fingerprint density at radius 2 is 1.79 bits per heavy atom. The van der Waals surface area contributed by atoms with Gasteiger partial charge in [0.1, 0.15) is 17.8 Å². The van der Waals surface area contributed by atoms with Crippen LogP contribution < -0.4 is 15.1 Å². The number of ether oxygens (including phenoxy) is 1. The first-order valence-electron chi connectivity index (χ1n) is 9.55. The number of benzene rings is 1. The second kappa shape index (κ2) is 9.22. The number of aromatic nitrogens is 2. The summed E-state index contributed by atoms with van der Waals surface area (Å²) in [7, 11) is 3.92. The van der Waals surface area contributed by atoms with Crippen molar-refractivity contribution in [1.82, 2.24) is 14.9 Å². The molecule has 9 nitrogen and oxygen atoms in total. The molecule has 3 rings (SSSR count). The number of anilines is 3. The highest BCUT2D eigenvalue weighted by molar-refractivity contribution is 6.03. The summed E-state index contributed by atoms with van der Waals surface area (Å²) in [4.78, 5) is 38.5. The lowest BCUT2D eigenvalue weighted by molar-refractivity contribution is 0.102. The molecule has 0 unspecified atom stereocenters. The van der Waals surface area contributed by atoms with Crippen LogP contribution in [0, 0.1) is 0 Å². The van der Waals surface area contributed by atoms with E-state index < -0.39 is 0 Å². The Morgan fingerprint density at radius 1 is 1.10 bits per heavy atom. The SMILES string of the molecule is CCOC(=O)N1CCN(c2cc(C(=O)Nc3ccc(N(C)C)cc3)ncn2)CC1. The molecule has 0 saturated carbocycles. The number of rotatable bonds is 5. The topological polar surface area (TPSA) is 90.9 Å². The van der Waals surface area contributed by atoms with Gasteiger partial charge in [-0.05, 0) is 31.2 Å². The van der Waals surface area contributed by atoms with Gasteiger partial charge in [-0.2, -0.15) is 0 Å². The van der Waals surface area contributed by atoms with Crippen LogP contribution in [0.15, 0.2) is 36.7 Å². The van der Waals surface area contributed by atoms with Crippen molar-refractivity contribution >= 4 is 29.2 Å². The smallest absolute Gasteiger partial charge is 0.409 e. The van der Waals surface area contributed by atoms with Gasteiger partial charge in [0.15, 0.2) is 0 Å². The number of carbonyl (C=O) groups excluding carboxylic acids is 2. The van der Waals surface area contributed by atoms with Crippen LogP contribution in [0.5, 0.6) is 0 Å². The van der Waals surface area contributed by atoms with E-state index in [0.717, 1.165) is 5.69 Å². The number of piperazine rings is 1. The Bertz CT molecular complexity index is 848. The highest BCUT2D eigenvalue weighted by Gasteiger charge is 2.23. The Balaban J connectivity index is 1.62. The highest BCUT2D eigenvalue weighted by Crippen LogP contribution is 2.18. The number of carbonyl (C=O) groups is 2. The zero-order valence-electron chi connectivity index (χ0n) is 17.0. The minimum Gasteiger partial charge on any atom is -0.450 e. The molecule has 2 heterocycles. The van der Waals surface area contributed by atoms with Crippen molar-refractivity contribution in [1.29, 1.82) is 0 Å². The standard InChI is InChI=1S/C20H26N6O3/c1-4-29-20(28)26-11-9-25(10-12-26)18-13-17(21-14-22-18)19(27)23-15-5-7-16(8-6-15)24(2)3/h5-8,13-14H,4,9-12H2,1-3H3,(H,23,27). The van der Waals surface area contributed by atoms with Crippen molar-refractivity contribution in [2.75, 3.05) is 62.0 Å². The van der Waals surface area contributed by atoms with Crippen LogP contribution in [0.3, 0.4) is 0 Å². The Hall–Kier alpha value is -3.36. The predicted molar refractivity (Wildman–Crippen MR) is 112 cm³/mol. The molecule has 0 aliphatic carbocycles. The first-order chi connectivity index (χ1) is 14.0. The minimum absolute atomic E-state index is 0.291. The number of amides is 2. The van der Waals surface area contributed by atoms with Gasteiger partial charge in [0, 0.05) is 57.7 Å². The van der Waals surface area contributed by atoms with E-state index in [9.17, 15) is 9.59 Å². The van der Waals surface area contributed by atoms with E-state index in [1.54, 1.807) is 17.9 Å². The van der Waals surface area contributed by atoms with Crippen LogP contribution in [0.25, 0.3) is 0 Å². The maximum absolute atomic E-state index is 12.6. The molecule has 1 aromatic carbocycles. The average molecular weight is 398 g/mol. The van der Waals surface area contributed by atoms with Gasteiger partial charge in [-0.3, -0.25) is 4.79 Å². The van der Waals surface area contributed by atoms with E-state index in [0.29, 0.717) is 50.0 Å². The zero-order chi connectivity index (χ0) is 20.8. The molecule has 2 amide bonds. The van der Waals surface area contributed by atoms with Crippen molar-refractivity contribution in [3.63, 3.8) is 0 Å². The summed E-state index contributed by atoms with van der Waals surface area (Å²) in [6, 6.07) is 9.24. The molecule has 0 spiro atoms. The van der Waals surface area contributed by atoms with E-state index in [1.165, 1.54) is 6.33 Å². The molecule has 29 heavy (non-hydrogen) atoms. The van der Waals surface area contributed by atoms with Gasteiger partial charge < -0.3 is 24.8 Å². The molecule has 1 N–H and O–H groups in total. The summed E-state index contributed by atoms with van der Waals surface area (Å²) in [6.07, 6.45) is 1.09. The number of hydrogen-bond acceptors (Lipinski definition) is 7. The normalized spacial score (nSPS) is 13.8. The van der Waals surface area contributed by atoms with E-state index >= 15 is 0 Å². The van der Waals surface area contributed by atoms with Crippen LogP contribution in [-0.4, -0.2) is 73.7 Å². The van der Waals surface area contributed by atoms with Crippen LogP contribution in [0.4, 0.5) is 22.0 Å². The molecule has 1 aromatic heterocycles. The van der Waals surface area contributed by atoms with Crippen LogP contribution in [0.2, 0.25) is 0 Å². The van der Waals surface area contributed by atoms with Gasteiger partial charge in [0.25, 0.3) is 5.91 Å². The van der Waals surface area contributed by atoms with Gasteiger partial charge in [-0.15, -0.1) is 0 Å². The Kier molecular flexibility index (Phi) is 6.48. The first-order valence-corrected chi connectivity index (χ1v) is 9.55. The third-order valence-electron chi connectivity index (χ3n) is 4.66. The zero-order valence-corrected chi connectivity index (χ0v) is 17.0. The van der Waals surface area contributed by atoms with Crippen LogP contribution in [0.1, 0.15) is 17.4 Å². The fourth-order valence-electron chi connectivity index (χ4n) is 3.02. The Morgan fingerprint density at radius 3 is 2.41 bits per heavy atom. The van der Waals surface area contributed by atoms with Gasteiger partial charge in [0.05, 0.1) is 6.61 Å². The lowest BCUT2D eigenvalue weighted by atomic mass is 10.2. The quantitative estimate of drug-likeness (QED) is 0.824. The van der Waals surface area contributed by atoms with Gasteiger partial charge in [-0.25, -0.2) is 14.8 Å². The lowest BCUT2D eigenvalue weighted by Gasteiger charge is -2.34. The fraction of sp³-hybridized carbons (Fsp3) is 0.400. The Labute approximate surface area is 170 Å². The van der Waals surface area contributed by atoms with Crippen molar-refractivity contribution in [2.45, 2.75) is 6.92 Å². The number of nitrogens with one attached hydrogen (secondary N) is 1. The third kappa shape index (κ3) is 5.13. The largest absolute Gasteiger partial charge is 0.450 e. The molecular weight excluding hydrogens is 372 g/mol. The molecule has 0 radical (unpaired) electrons. The van der Waals surface area contributed by atoms with Crippen molar-refractivity contribution in [3.8, 4) is 0 Å². The maximum Gasteiger partial charge on any atom is 0.409 e. The molecule has 154 valence electrons. The minimum atomic E-state index is -0.296. The molecule has 1 aliphatic rings. The number of hydrogen-bond donors (Lipinski definition) is 1. The van der Waals surface area contributed by atoms with Gasteiger partial charge >= 0.3 is 6.09 Å². The monoisotopic (exact) mass is 398 g/mol. The van der Waals surface area contributed by atoms with E-state index in [-0.39, 0.29) is 12.0 Å². The summed E-state index contributed by atoms with van der Waals surface area (Å²) in [5.41, 5.74) is 2.04. The van der Waals surface area contributed by atoms with Crippen LogP contribution >= 0.6 is 0 Å². The maximum atomic E-state index is 12.6. The van der Waals surface area contributed by atoms with E-state index in [2.05, 4.69) is 15.3 Å². The molecule has 1 fully saturated rings. The molecule has 0 bridgehead atoms. The molecule has 1 aliphatic heterocycles. The van der Waals surface area contributed by atoms with E-state index in [1.807, 2.05) is 48.2 Å². The van der Waals surface area contributed by atoms with Crippen molar-refractivity contribution in [2.24, 2.45) is 0 Å². The van der Waals surface area contributed by atoms with Crippen LogP contribution in [-0.2, 0) is 4.74 Å². The number of nitrogens with zero attached hydrogens (tertiary/aromatic N) is 5. The predicted octanol–water partition coefficient (Wildman–Crippen LogP) is 2.07. The fourth-order valence-corrected chi connectivity index (χ4v) is 3.02. The summed E-state index contributed by atoms with van der Waals surface area (Å²) in [5.74, 6) is 0.369. The molecule has 0 atom stereocenters. The third-order valence-corrected chi connectivity index (χ3v) is 4.66. The summed E-state index contributed by atoms with van der Waals surface area (Å²) in [6.45, 7) is 4.47. The molecular formula is C20H26N6O3. The molecule has 9 heteroatoms. The van der Waals surface area contributed by atoms with Crippen molar-refractivity contribution in [3.05, 3.63) is 42.4 Å². The molecule has 1 saturated heterocycles. The second-order valence-electron chi connectivity index (χ2n) is 6.83. The summed E-state index contributed by atoms with van der Waals surface area (Å²) >= 11 is 0. The highest BCUT2D eigenvalue weighted by atomic mass is 16.6. The first kappa shape index (κ1) is 20.4. The van der Waals surface area contributed by atoms with Crippen molar-refractivity contribution < 1.29 is 14.3 Å².